The average molecular weight is 409 g/mol. The second-order valence-corrected chi connectivity index (χ2v) is 8.46. The lowest BCUT2D eigenvalue weighted by molar-refractivity contribution is -0.116. The van der Waals surface area contributed by atoms with Crippen LogP contribution in [0.5, 0.6) is 5.75 Å². The second-order valence-electron chi connectivity index (χ2n) is 7.52. The molecule has 3 aromatic rings. The summed E-state index contributed by atoms with van der Waals surface area (Å²) in [5.74, 6) is 1.12. The Morgan fingerprint density at radius 3 is 2.83 bits per heavy atom. The van der Waals surface area contributed by atoms with Crippen LogP contribution in [0.25, 0.3) is 11.2 Å². The van der Waals surface area contributed by atoms with Gasteiger partial charge in [-0.2, -0.15) is 0 Å². The van der Waals surface area contributed by atoms with Crippen LogP contribution in [0.4, 0.5) is 5.69 Å². The fourth-order valence-electron chi connectivity index (χ4n) is 3.83. The minimum Gasteiger partial charge on any atom is -0.494 e. The van der Waals surface area contributed by atoms with Gasteiger partial charge in [0.25, 0.3) is 0 Å². The quantitative estimate of drug-likeness (QED) is 0.584. The van der Waals surface area contributed by atoms with E-state index in [-0.39, 0.29) is 11.7 Å². The number of hydrogen-bond acceptors (Lipinski definition) is 5. The van der Waals surface area contributed by atoms with Crippen LogP contribution in [-0.4, -0.2) is 38.4 Å². The van der Waals surface area contributed by atoms with Crippen molar-refractivity contribution in [3.8, 4) is 5.75 Å². The van der Waals surface area contributed by atoms with Gasteiger partial charge in [-0.25, -0.2) is 0 Å². The SMILES string of the molecule is CCOc1ccc2c(c1)C(C)=CC(C)(C)N2C(=O)CSc1nnc2ccccn12. The minimum atomic E-state index is -0.422. The van der Waals surface area contributed by atoms with Gasteiger partial charge < -0.3 is 9.64 Å². The van der Waals surface area contributed by atoms with Gasteiger partial charge in [-0.05, 0) is 63.6 Å². The molecule has 7 heteroatoms. The van der Waals surface area contributed by atoms with Gasteiger partial charge in [-0.1, -0.05) is 23.9 Å². The number of pyridine rings is 1. The van der Waals surface area contributed by atoms with E-state index < -0.39 is 5.54 Å². The van der Waals surface area contributed by atoms with E-state index in [4.69, 9.17) is 4.74 Å². The Labute approximate surface area is 174 Å². The number of carbonyl (C=O) groups is 1. The molecule has 0 unspecified atom stereocenters. The monoisotopic (exact) mass is 408 g/mol. The van der Waals surface area contributed by atoms with Crippen LogP contribution >= 0.6 is 11.8 Å². The molecule has 0 fully saturated rings. The average Bonchev–Trinajstić information content (AvgIpc) is 3.09. The number of amides is 1. The molecule has 4 rings (SSSR count). The Kier molecular flexibility index (Phi) is 5.08. The normalized spacial score (nSPS) is 15.2. The smallest absolute Gasteiger partial charge is 0.238 e. The first-order valence-electron chi connectivity index (χ1n) is 9.63. The predicted molar refractivity (Wildman–Crippen MR) is 117 cm³/mol. The van der Waals surface area contributed by atoms with Crippen molar-refractivity contribution >= 4 is 34.6 Å². The zero-order chi connectivity index (χ0) is 20.6. The number of ether oxygens (including phenoxy) is 1. The molecule has 0 radical (unpaired) electrons. The zero-order valence-electron chi connectivity index (χ0n) is 17.0. The van der Waals surface area contributed by atoms with E-state index in [0.717, 1.165) is 28.2 Å². The summed E-state index contributed by atoms with van der Waals surface area (Å²) in [7, 11) is 0. The van der Waals surface area contributed by atoms with Crippen LogP contribution in [0.3, 0.4) is 0 Å². The van der Waals surface area contributed by atoms with Crippen molar-refractivity contribution in [2.24, 2.45) is 0 Å². The molecule has 0 N–H and O–H groups in total. The molecule has 0 saturated heterocycles. The highest BCUT2D eigenvalue weighted by Crippen LogP contribution is 2.41. The number of aromatic nitrogens is 3. The van der Waals surface area contributed by atoms with E-state index in [2.05, 4.69) is 37.0 Å². The van der Waals surface area contributed by atoms with E-state index >= 15 is 0 Å². The van der Waals surface area contributed by atoms with E-state index in [0.29, 0.717) is 11.8 Å². The van der Waals surface area contributed by atoms with Crippen LogP contribution in [0.15, 0.2) is 53.8 Å². The van der Waals surface area contributed by atoms with Gasteiger partial charge in [0.05, 0.1) is 23.6 Å². The Morgan fingerprint density at radius 2 is 2.03 bits per heavy atom. The van der Waals surface area contributed by atoms with Crippen molar-refractivity contribution < 1.29 is 9.53 Å². The lowest BCUT2D eigenvalue weighted by Crippen LogP contribution is -2.49. The number of fused-ring (bicyclic) bond motifs is 2. The largest absolute Gasteiger partial charge is 0.494 e. The molecule has 1 amide bonds. The molecule has 150 valence electrons. The minimum absolute atomic E-state index is 0.0295. The van der Waals surface area contributed by atoms with Crippen LogP contribution in [0, 0.1) is 0 Å². The summed E-state index contributed by atoms with van der Waals surface area (Å²) >= 11 is 1.40. The lowest BCUT2D eigenvalue weighted by Gasteiger charge is -2.41. The maximum atomic E-state index is 13.3. The van der Waals surface area contributed by atoms with E-state index in [1.165, 1.54) is 11.8 Å². The molecule has 0 atom stereocenters. The van der Waals surface area contributed by atoms with Crippen molar-refractivity contribution in [2.45, 2.75) is 38.4 Å². The number of thioether (sulfide) groups is 1. The molecule has 1 aromatic carbocycles. The molecule has 0 bridgehead atoms. The predicted octanol–water partition coefficient (Wildman–Crippen LogP) is 4.45. The molecule has 2 aromatic heterocycles. The summed E-state index contributed by atoms with van der Waals surface area (Å²) in [6.45, 7) is 8.77. The maximum Gasteiger partial charge on any atom is 0.238 e. The van der Waals surface area contributed by atoms with Crippen molar-refractivity contribution in [2.75, 3.05) is 17.3 Å². The van der Waals surface area contributed by atoms with Crippen LogP contribution < -0.4 is 9.64 Å². The molecule has 1 aliphatic heterocycles. The van der Waals surface area contributed by atoms with Gasteiger partial charge in [0.1, 0.15) is 5.75 Å². The Hall–Kier alpha value is -2.80. The number of nitrogens with zero attached hydrogens (tertiary/aromatic N) is 4. The van der Waals surface area contributed by atoms with Crippen molar-refractivity contribution in [3.63, 3.8) is 0 Å². The maximum absolute atomic E-state index is 13.3. The number of anilines is 1. The summed E-state index contributed by atoms with van der Waals surface area (Å²) in [6, 6.07) is 11.7. The highest BCUT2D eigenvalue weighted by Gasteiger charge is 2.36. The molecular weight excluding hydrogens is 384 g/mol. The van der Waals surface area contributed by atoms with E-state index in [9.17, 15) is 4.79 Å². The van der Waals surface area contributed by atoms with Gasteiger partial charge in [0.15, 0.2) is 10.8 Å². The highest BCUT2D eigenvalue weighted by molar-refractivity contribution is 7.99. The third-order valence-corrected chi connectivity index (χ3v) is 5.88. The topological polar surface area (TPSA) is 59.7 Å². The van der Waals surface area contributed by atoms with Crippen molar-refractivity contribution in [3.05, 3.63) is 54.2 Å². The first-order valence-corrected chi connectivity index (χ1v) is 10.6. The van der Waals surface area contributed by atoms with Crippen molar-refractivity contribution in [1.29, 1.82) is 0 Å². The van der Waals surface area contributed by atoms with Gasteiger partial charge in [0.2, 0.25) is 5.91 Å². The molecule has 6 nitrogen and oxygen atoms in total. The molecule has 3 heterocycles. The number of rotatable bonds is 5. The van der Waals surface area contributed by atoms with Crippen LogP contribution in [-0.2, 0) is 4.79 Å². The van der Waals surface area contributed by atoms with Crippen molar-refractivity contribution in [1.82, 2.24) is 14.6 Å². The molecule has 0 spiro atoms. The summed E-state index contributed by atoms with van der Waals surface area (Å²) in [5.41, 5.74) is 3.44. The van der Waals surface area contributed by atoms with Gasteiger partial charge in [-0.3, -0.25) is 9.20 Å². The molecule has 1 aliphatic rings. The van der Waals surface area contributed by atoms with E-state index in [1.54, 1.807) is 0 Å². The third kappa shape index (κ3) is 3.62. The number of hydrogen-bond donors (Lipinski definition) is 0. The van der Waals surface area contributed by atoms with Gasteiger partial charge >= 0.3 is 0 Å². The standard InChI is InChI=1S/C22H24N4O2S/c1-5-28-16-9-10-18-17(12-16)15(2)13-22(3,4)26(18)20(27)14-29-21-24-23-19-8-6-7-11-25(19)21/h6-13H,5,14H2,1-4H3. The lowest BCUT2D eigenvalue weighted by atomic mass is 9.88. The summed E-state index contributed by atoms with van der Waals surface area (Å²) in [4.78, 5) is 15.2. The number of carbonyl (C=O) groups excluding carboxylic acids is 1. The van der Waals surface area contributed by atoms with Gasteiger partial charge in [0, 0.05) is 11.8 Å². The fraction of sp³-hybridized carbons (Fsp3) is 0.318. The Bertz CT molecular complexity index is 1100. The second kappa shape index (κ2) is 7.55. The first-order chi connectivity index (χ1) is 13.9. The number of benzene rings is 1. The first kappa shape index (κ1) is 19.5. The van der Waals surface area contributed by atoms with E-state index in [1.807, 2.05) is 58.8 Å². The third-order valence-electron chi connectivity index (χ3n) is 4.95. The zero-order valence-corrected chi connectivity index (χ0v) is 17.9. The van der Waals surface area contributed by atoms with Crippen LogP contribution in [0.2, 0.25) is 0 Å². The van der Waals surface area contributed by atoms with Gasteiger partial charge in [-0.15, -0.1) is 10.2 Å². The molecule has 0 aliphatic carbocycles. The highest BCUT2D eigenvalue weighted by atomic mass is 32.2. The fourth-order valence-corrected chi connectivity index (χ4v) is 4.60. The Morgan fingerprint density at radius 1 is 1.21 bits per heavy atom. The summed E-state index contributed by atoms with van der Waals surface area (Å²) in [6.07, 6.45) is 4.05. The molecule has 29 heavy (non-hydrogen) atoms. The Balaban J connectivity index is 1.62. The summed E-state index contributed by atoms with van der Waals surface area (Å²) in [5, 5.41) is 9.08. The van der Waals surface area contributed by atoms with Crippen LogP contribution in [0.1, 0.15) is 33.3 Å². The number of allylic oxidation sites excluding steroid dienone is 1. The summed E-state index contributed by atoms with van der Waals surface area (Å²) < 4.78 is 7.55. The molecular formula is C22H24N4O2S. The molecule has 0 saturated carbocycles.